The normalized spacial score (nSPS) is 34.1. The number of aliphatic hydroxyl groups is 3. The average molecular weight is 290 g/mol. The van der Waals surface area contributed by atoms with Crippen molar-refractivity contribution in [3.8, 4) is 0 Å². The van der Waals surface area contributed by atoms with E-state index in [0.29, 0.717) is 0 Å². The maximum atomic E-state index is 12.4. The van der Waals surface area contributed by atoms with E-state index in [1.54, 1.807) is 0 Å². The summed E-state index contributed by atoms with van der Waals surface area (Å²) in [5.41, 5.74) is -1.47. The number of halogens is 1. The highest BCUT2D eigenvalue weighted by Gasteiger charge is 2.44. The Balaban J connectivity index is 2.34. The summed E-state index contributed by atoms with van der Waals surface area (Å²) in [6, 6.07) is 1.04. The molecule has 4 N–H and O–H groups in total. The first-order valence-electron chi connectivity index (χ1n) is 6.03. The van der Waals surface area contributed by atoms with Gasteiger partial charge in [0.1, 0.15) is 18.3 Å². The van der Waals surface area contributed by atoms with Crippen LogP contribution in [0.25, 0.3) is 0 Å². The molecule has 1 aromatic heterocycles. The second kappa shape index (κ2) is 5.83. The van der Waals surface area contributed by atoms with Gasteiger partial charge in [0, 0.05) is 18.7 Å². The van der Waals surface area contributed by atoms with Gasteiger partial charge >= 0.3 is 5.69 Å². The van der Waals surface area contributed by atoms with E-state index >= 15 is 0 Å². The molecule has 0 unspecified atom stereocenters. The van der Waals surface area contributed by atoms with Crippen LogP contribution in [0.4, 0.5) is 4.39 Å². The fraction of sp³-hybridized carbons (Fsp3) is 0.636. The minimum atomic E-state index is -1.59. The van der Waals surface area contributed by atoms with E-state index in [9.17, 15) is 29.3 Å². The number of ether oxygens (including phenoxy) is 1. The number of nitrogens with one attached hydrogen (secondary N) is 1. The summed E-state index contributed by atoms with van der Waals surface area (Å²) >= 11 is 0. The average Bonchev–Trinajstić information content (AvgIpc) is 2.40. The van der Waals surface area contributed by atoms with Crippen LogP contribution < -0.4 is 11.2 Å². The maximum Gasteiger partial charge on any atom is 0.330 e. The fourth-order valence-electron chi connectivity index (χ4n) is 2.13. The summed E-state index contributed by atoms with van der Waals surface area (Å²) in [4.78, 5) is 24.6. The molecule has 1 saturated heterocycles. The number of rotatable bonds is 3. The zero-order chi connectivity index (χ0) is 14.9. The van der Waals surface area contributed by atoms with Crippen molar-refractivity contribution in [3.63, 3.8) is 0 Å². The van der Waals surface area contributed by atoms with Crippen molar-refractivity contribution in [2.45, 2.75) is 37.1 Å². The van der Waals surface area contributed by atoms with Crippen molar-refractivity contribution >= 4 is 0 Å². The van der Waals surface area contributed by atoms with E-state index in [2.05, 4.69) is 0 Å². The second-order valence-corrected chi connectivity index (χ2v) is 4.53. The SMILES string of the molecule is O=c1ccn([C@@H]2O[C@@H](CCF)[C@@H](O)[C@@H](O)[C@@H]2O)c(=O)[nH]1. The Bertz CT molecular complexity index is 573. The Morgan fingerprint density at radius 1 is 1.25 bits per heavy atom. The van der Waals surface area contributed by atoms with Crippen LogP contribution in [0.3, 0.4) is 0 Å². The molecule has 20 heavy (non-hydrogen) atoms. The Labute approximate surface area is 112 Å². The largest absolute Gasteiger partial charge is 0.388 e. The third-order valence-electron chi connectivity index (χ3n) is 3.21. The summed E-state index contributed by atoms with van der Waals surface area (Å²) in [5, 5.41) is 29.3. The van der Waals surface area contributed by atoms with Crippen molar-refractivity contribution < 1.29 is 24.4 Å². The number of hydrogen-bond donors (Lipinski definition) is 4. The molecule has 1 aliphatic rings. The molecule has 0 saturated carbocycles. The Morgan fingerprint density at radius 2 is 1.95 bits per heavy atom. The van der Waals surface area contributed by atoms with Gasteiger partial charge in [0.2, 0.25) is 0 Å². The quantitative estimate of drug-likeness (QED) is 0.504. The Kier molecular flexibility index (Phi) is 4.33. The zero-order valence-corrected chi connectivity index (χ0v) is 10.3. The van der Waals surface area contributed by atoms with E-state index in [0.717, 1.165) is 16.8 Å². The number of hydrogen-bond acceptors (Lipinski definition) is 6. The topological polar surface area (TPSA) is 125 Å². The highest BCUT2D eigenvalue weighted by atomic mass is 19.1. The lowest BCUT2D eigenvalue weighted by Gasteiger charge is -2.40. The van der Waals surface area contributed by atoms with Gasteiger partial charge in [-0.1, -0.05) is 0 Å². The third-order valence-corrected chi connectivity index (χ3v) is 3.21. The predicted octanol–water partition coefficient (Wildman–Crippen LogP) is -2.12. The molecule has 0 radical (unpaired) electrons. The molecule has 0 aromatic carbocycles. The number of aromatic nitrogens is 2. The molecule has 1 aromatic rings. The highest BCUT2D eigenvalue weighted by molar-refractivity contribution is 4.93. The number of H-pyrrole nitrogens is 1. The molecule has 8 nitrogen and oxygen atoms in total. The second-order valence-electron chi connectivity index (χ2n) is 4.53. The first kappa shape index (κ1) is 14.9. The van der Waals surface area contributed by atoms with Crippen LogP contribution in [0.1, 0.15) is 12.6 Å². The minimum absolute atomic E-state index is 0.195. The molecule has 1 aliphatic heterocycles. The van der Waals surface area contributed by atoms with Crippen LogP contribution in [0.5, 0.6) is 0 Å². The van der Waals surface area contributed by atoms with Crippen LogP contribution >= 0.6 is 0 Å². The summed E-state index contributed by atoms with van der Waals surface area (Å²) in [5.74, 6) is 0. The fourth-order valence-corrected chi connectivity index (χ4v) is 2.13. The Morgan fingerprint density at radius 3 is 2.55 bits per heavy atom. The minimum Gasteiger partial charge on any atom is -0.388 e. The lowest BCUT2D eigenvalue weighted by molar-refractivity contribution is -0.247. The monoisotopic (exact) mass is 290 g/mol. The molecular formula is C11H15FN2O6. The summed E-state index contributed by atoms with van der Waals surface area (Å²) < 4.78 is 18.5. The zero-order valence-electron chi connectivity index (χ0n) is 10.3. The van der Waals surface area contributed by atoms with E-state index in [1.165, 1.54) is 0 Å². The van der Waals surface area contributed by atoms with Gasteiger partial charge in [-0.15, -0.1) is 0 Å². The number of aromatic amines is 1. The van der Waals surface area contributed by atoms with Gasteiger partial charge in [0.05, 0.1) is 12.8 Å². The van der Waals surface area contributed by atoms with Crippen molar-refractivity contribution in [2.75, 3.05) is 6.67 Å². The van der Waals surface area contributed by atoms with Gasteiger partial charge in [0.25, 0.3) is 5.56 Å². The van der Waals surface area contributed by atoms with Gasteiger partial charge in [-0.2, -0.15) is 0 Å². The van der Waals surface area contributed by atoms with Crippen molar-refractivity contribution in [3.05, 3.63) is 33.1 Å². The van der Waals surface area contributed by atoms with Gasteiger partial charge in [-0.3, -0.25) is 18.7 Å². The van der Waals surface area contributed by atoms with Gasteiger partial charge in [0.15, 0.2) is 6.23 Å². The van der Waals surface area contributed by atoms with Crippen molar-refractivity contribution in [1.29, 1.82) is 0 Å². The van der Waals surface area contributed by atoms with Crippen LogP contribution in [-0.2, 0) is 4.74 Å². The molecule has 0 amide bonds. The smallest absolute Gasteiger partial charge is 0.330 e. The van der Waals surface area contributed by atoms with Gasteiger partial charge in [-0.05, 0) is 0 Å². The lowest BCUT2D eigenvalue weighted by atomic mass is 9.96. The summed E-state index contributed by atoms with van der Waals surface area (Å²) in [7, 11) is 0. The number of nitrogens with zero attached hydrogens (tertiary/aromatic N) is 1. The lowest BCUT2D eigenvalue weighted by Crippen LogP contribution is -2.57. The molecule has 5 atom stereocenters. The van der Waals surface area contributed by atoms with E-state index in [-0.39, 0.29) is 6.42 Å². The standard InChI is InChI=1S/C11H15FN2O6/c12-3-1-5-7(16)8(17)9(18)10(20-5)14-4-2-6(15)13-11(14)19/h2,4-5,7-10,16-18H,1,3H2,(H,13,15,19)/t5-,7+,8+,9-,10+/m0/s1. The first-order valence-corrected chi connectivity index (χ1v) is 6.03. The van der Waals surface area contributed by atoms with Crippen molar-refractivity contribution in [2.24, 2.45) is 0 Å². The first-order chi connectivity index (χ1) is 9.45. The third kappa shape index (κ3) is 2.66. The molecule has 1 fully saturated rings. The molecule has 0 bridgehead atoms. The summed E-state index contributed by atoms with van der Waals surface area (Å²) in [6.45, 7) is -0.794. The Hall–Kier alpha value is -1.55. The van der Waals surface area contributed by atoms with E-state index in [4.69, 9.17) is 4.74 Å². The van der Waals surface area contributed by atoms with Gasteiger partial charge in [-0.25, -0.2) is 4.79 Å². The molecule has 112 valence electrons. The predicted molar refractivity (Wildman–Crippen MR) is 63.8 cm³/mol. The van der Waals surface area contributed by atoms with Crippen LogP contribution in [0, 0.1) is 0 Å². The number of alkyl halides is 1. The maximum absolute atomic E-state index is 12.4. The van der Waals surface area contributed by atoms with Crippen LogP contribution in [0.2, 0.25) is 0 Å². The van der Waals surface area contributed by atoms with Crippen molar-refractivity contribution in [1.82, 2.24) is 9.55 Å². The molecule has 2 rings (SSSR count). The van der Waals surface area contributed by atoms with E-state index in [1.807, 2.05) is 4.98 Å². The van der Waals surface area contributed by atoms with Crippen LogP contribution in [-0.4, -0.2) is 56.0 Å². The van der Waals surface area contributed by atoms with Crippen LogP contribution in [0.15, 0.2) is 21.9 Å². The number of aliphatic hydroxyl groups excluding tert-OH is 3. The summed E-state index contributed by atoms with van der Waals surface area (Å²) in [6.07, 6.45) is -6.15. The molecule has 9 heteroatoms. The molecule has 2 heterocycles. The highest BCUT2D eigenvalue weighted by Crippen LogP contribution is 2.28. The molecule has 0 aliphatic carbocycles. The molecular weight excluding hydrogens is 275 g/mol. The van der Waals surface area contributed by atoms with Gasteiger partial charge < -0.3 is 20.1 Å². The molecule has 0 spiro atoms. The van der Waals surface area contributed by atoms with E-state index < -0.39 is 48.6 Å².